The van der Waals surface area contributed by atoms with Gasteiger partial charge in [-0.05, 0) is 43.2 Å². The molecule has 8 heteroatoms. The second-order valence-electron chi connectivity index (χ2n) is 5.51. The molecule has 2 rings (SSSR count). The molecular formula is C19H26IN5O2. The maximum atomic E-state index is 12.0. The number of methoxy groups -OCH3 is 1. The molecule has 1 amide bonds. The lowest BCUT2D eigenvalue weighted by Crippen LogP contribution is -2.39. The normalized spacial score (nSPS) is 10.5. The van der Waals surface area contributed by atoms with Gasteiger partial charge in [-0.2, -0.15) is 0 Å². The molecule has 1 aromatic carbocycles. The molecule has 0 radical (unpaired) electrons. The van der Waals surface area contributed by atoms with Crippen molar-refractivity contribution < 1.29 is 9.53 Å². The first kappa shape index (κ1) is 22.7. The van der Waals surface area contributed by atoms with E-state index in [0.29, 0.717) is 18.2 Å². The molecule has 3 N–H and O–H groups in total. The summed E-state index contributed by atoms with van der Waals surface area (Å²) in [7, 11) is 1.65. The Morgan fingerprint density at radius 1 is 1.19 bits per heavy atom. The fraction of sp³-hybridized carbons (Fsp3) is 0.316. The van der Waals surface area contributed by atoms with Crippen molar-refractivity contribution in [2.24, 2.45) is 4.99 Å². The van der Waals surface area contributed by atoms with Crippen LogP contribution in [0.1, 0.15) is 12.5 Å². The molecule has 0 saturated carbocycles. The van der Waals surface area contributed by atoms with E-state index >= 15 is 0 Å². The number of carbonyl (C=O) groups is 1. The minimum atomic E-state index is -0.189. The second-order valence-corrected chi connectivity index (χ2v) is 5.51. The quantitative estimate of drug-likeness (QED) is 0.305. The topological polar surface area (TPSA) is 87.6 Å². The van der Waals surface area contributed by atoms with Gasteiger partial charge in [-0.1, -0.05) is 12.1 Å². The Kier molecular flexibility index (Phi) is 10.8. The summed E-state index contributed by atoms with van der Waals surface area (Å²) in [6.07, 6.45) is 4.10. The van der Waals surface area contributed by atoms with Crippen LogP contribution in [0.2, 0.25) is 0 Å². The van der Waals surface area contributed by atoms with Crippen LogP contribution < -0.4 is 20.7 Å². The van der Waals surface area contributed by atoms with Gasteiger partial charge in [0, 0.05) is 19.3 Å². The average molecular weight is 483 g/mol. The lowest BCUT2D eigenvalue weighted by Gasteiger charge is -2.11. The molecule has 0 aliphatic carbocycles. The number of pyridine rings is 1. The van der Waals surface area contributed by atoms with E-state index in [1.807, 2.05) is 31.2 Å². The number of guanidine groups is 1. The fourth-order valence-corrected chi connectivity index (χ4v) is 2.25. The standard InChI is InChI=1S/C19H25N5O2.HI/c1-3-21-19(22-12-10-15-6-8-17(26-2)9-7-15)23-14-18(25)24-16-5-4-11-20-13-16;/h4-9,11,13H,3,10,12,14H2,1-2H3,(H,24,25)(H2,21,22,23);1H. The Balaban J connectivity index is 0.00000364. The molecule has 0 aliphatic rings. The lowest BCUT2D eigenvalue weighted by atomic mass is 10.1. The van der Waals surface area contributed by atoms with Gasteiger partial charge in [0.05, 0.1) is 19.0 Å². The third-order valence-corrected chi connectivity index (χ3v) is 3.54. The smallest absolute Gasteiger partial charge is 0.246 e. The number of nitrogens with one attached hydrogen (secondary N) is 3. The molecule has 1 heterocycles. The molecular weight excluding hydrogens is 457 g/mol. The number of halogens is 1. The molecule has 0 saturated heterocycles. The Morgan fingerprint density at radius 2 is 1.96 bits per heavy atom. The van der Waals surface area contributed by atoms with Crippen LogP contribution in [-0.4, -0.2) is 43.6 Å². The molecule has 1 aromatic heterocycles. The molecule has 0 aliphatic heterocycles. The summed E-state index contributed by atoms with van der Waals surface area (Å²) >= 11 is 0. The van der Waals surface area contributed by atoms with E-state index < -0.39 is 0 Å². The average Bonchev–Trinajstić information content (AvgIpc) is 2.67. The van der Waals surface area contributed by atoms with E-state index in [1.54, 1.807) is 31.6 Å². The number of amides is 1. The molecule has 146 valence electrons. The highest BCUT2D eigenvalue weighted by Gasteiger charge is 2.03. The van der Waals surface area contributed by atoms with Gasteiger partial charge in [-0.15, -0.1) is 24.0 Å². The number of anilines is 1. The number of ether oxygens (including phenoxy) is 1. The van der Waals surface area contributed by atoms with Crippen molar-refractivity contribution in [3.05, 3.63) is 54.4 Å². The van der Waals surface area contributed by atoms with E-state index in [9.17, 15) is 4.79 Å². The SMILES string of the molecule is CCNC(=NCC(=O)Nc1cccnc1)NCCc1ccc(OC)cc1.I. The summed E-state index contributed by atoms with van der Waals surface area (Å²) in [4.78, 5) is 20.2. The summed E-state index contributed by atoms with van der Waals surface area (Å²) in [5, 5.41) is 9.12. The van der Waals surface area contributed by atoms with Gasteiger partial charge >= 0.3 is 0 Å². The molecule has 0 bridgehead atoms. The van der Waals surface area contributed by atoms with E-state index in [0.717, 1.165) is 18.7 Å². The Bertz CT molecular complexity index is 708. The van der Waals surface area contributed by atoms with Crippen LogP contribution in [0, 0.1) is 0 Å². The fourth-order valence-electron chi connectivity index (χ4n) is 2.25. The zero-order valence-corrected chi connectivity index (χ0v) is 17.9. The van der Waals surface area contributed by atoms with E-state index in [2.05, 4.69) is 25.9 Å². The van der Waals surface area contributed by atoms with Gasteiger partial charge in [0.15, 0.2) is 5.96 Å². The zero-order chi connectivity index (χ0) is 18.6. The van der Waals surface area contributed by atoms with Gasteiger partial charge in [0.2, 0.25) is 5.91 Å². The van der Waals surface area contributed by atoms with E-state index in [4.69, 9.17) is 4.74 Å². The maximum absolute atomic E-state index is 12.0. The molecule has 0 fully saturated rings. The van der Waals surface area contributed by atoms with Crippen LogP contribution >= 0.6 is 24.0 Å². The third-order valence-electron chi connectivity index (χ3n) is 3.54. The molecule has 0 unspecified atom stereocenters. The Morgan fingerprint density at radius 3 is 2.59 bits per heavy atom. The number of aliphatic imine (C=N–C) groups is 1. The molecule has 0 spiro atoms. The number of nitrogens with zero attached hydrogens (tertiary/aromatic N) is 2. The van der Waals surface area contributed by atoms with Crippen LogP contribution in [0.4, 0.5) is 5.69 Å². The predicted molar refractivity (Wildman–Crippen MR) is 119 cm³/mol. The Labute approximate surface area is 177 Å². The summed E-state index contributed by atoms with van der Waals surface area (Å²) in [6, 6.07) is 11.5. The van der Waals surface area contributed by atoms with Crippen LogP contribution in [0.15, 0.2) is 53.8 Å². The van der Waals surface area contributed by atoms with Crippen molar-refractivity contribution in [1.82, 2.24) is 15.6 Å². The first-order valence-corrected chi connectivity index (χ1v) is 8.56. The number of carbonyl (C=O) groups excluding carboxylic acids is 1. The van der Waals surface area contributed by atoms with Crippen molar-refractivity contribution in [2.75, 3.05) is 32.1 Å². The number of benzene rings is 1. The van der Waals surface area contributed by atoms with Gasteiger partial charge in [0.25, 0.3) is 0 Å². The van der Waals surface area contributed by atoms with Crippen LogP contribution in [0.5, 0.6) is 5.75 Å². The second kappa shape index (κ2) is 12.9. The molecule has 0 atom stereocenters. The van der Waals surface area contributed by atoms with Crippen molar-refractivity contribution in [2.45, 2.75) is 13.3 Å². The van der Waals surface area contributed by atoms with Gasteiger partial charge in [-0.3, -0.25) is 9.78 Å². The highest BCUT2D eigenvalue weighted by molar-refractivity contribution is 14.0. The number of hydrogen-bond acceptors (Lipinski definition) is 4. The monoisotopic (exact) mass is 483 g/mol. The minimum absolute atomic E-state index is 0. The lowest BCUT2D eigenvalue weighted by molar-refractivity contribution is -0.114. The highest BCUT2D eigenvalue weighted by Crippen LogP contribution is 2.11. The van der Waals surface area contributed by atoms with Crippen molar-refractivity contribution in [3.8, 4) is 5.75 Å². The first-order valence-electron chi connectivity index (χ1n) is 8.56. The van der Waals surface area contributed by atoms with Gasteiger partial charge < -0.3 is 20.7 Å². The van der Waals surface area contributed by atoms with Crippen LogP contribution in [0.3, 0.4) is 0 Å². The Hall–Kier alpha value is -2.36. The number of aromatic nitrogens is 1. The zero-order valence-electron chi connectivity index (χ0n) is 15.6. The molecule has 27 heavy (non-hydrogen) atoms. The van der Waals surface area contributed by atoms with E-state index in [-0.39, 0.29) is 36.4 Å². The van der Waals surface area contributed by atoms with Crippen LogP contribution in [-0.2, 0) is 11.2 Å². The van der Waals surface area contributed by atoms with Crippen molar-refractivity contribution >= 4 is 41.5 Å². The van der Waals surface area contributed by atoms with Crippen LogP contribution in [0.25, 0.3) is 0 Å². The summed E-state index contributed by atoms with van der Waals surface area (Å²) < 4.78 is 5.15. The summed E-state index contributed by atoms with van der Waals surface area (Å²) in [6.45, 7) is 3.45. The highest BCUT2D eigenvalue weighted by atomic mass is 127. The van der Waals surface area contributed by atoms with Gasteiger partial charge in [0.1, 0.15) is 12.3 Å². The van der Waals surface area contributed by atoms with Crippen molar-refractivity contribution in [3.63, 3.8) is 0 Å². The molecule has 2 aromatic rings. The summed E-state index contributed by atoms with van der Waals surface area (Å²) in [5.41, 5.74) is 1.86. The number of rotatable bonds is 8. The van der Waals surface area contributed by atoms with Crippen molar-refractivity contribution in [1.29, 1.82) is 0 Å². The van der Waals surface area contributed by atoms with Gasteiger partial charge in [-0.25, -0.2) is 4.99 Å². The van der Waals surface area contributed by atoms with E-state index in [1.165, 1.54) is 5.56 Å². The third kappa shape index (κ3) is 8.72. The number of hydrogen-bond donors (Lipinski definition) is 3. The predicted octanol–water partition coefficient (Wildman–Crippen LogP) is 2.44. The molecule has 7 nitrogen and oxygen atoms in total. The first-order chi connectivity index (χ1) is 12.7. The summed E-state index contributed by atoms with van der Waals surface area (Å²) in [5.74, 6) is 1.27. The minimum Gasteiger partial charge on any atom is -0.497 e. The largest absolute Gasteiger partial charge is 0.497 e. The maximum Gasteiger partial charge on any atom is 0.246 e.